The number of aromatic amines is 1. The molecule has 0 aliphatic rings. The number of nitrogens with one attached hydrogen (secondary N) is 2. The van der Waals surface area contributed by atoms with Crippen molar-refractivity contribution >= 4 is 28.1 Å². The van der Waals surface area contributed by atoms with Crippen LogP contribution in [0.3, 0.4) is 0 Å². The molecule has 0 aliphatic heterocycles. The molecule has 38 heavy (non-hydrogen) atoms. The maximum absolute atomic E-state index is 11.8. The van der Waals surface area contributed by atoms with Gasteiger partial charge in [-0.15, -0.1) is 20.4 Å². The first-order valence-corrected chi connectivity index (χ1v) is 11.8. The number of rotatable bonds is 8. The van der Waals surface area contributed by atoms with Gasteiger partial charge in [0.05, 0.1) is 18.5 Å². The lowest BCUT2D eigenvalue weighted by molar-refractivity contribution is 0.0699. The SMILES string of the molecule is O=C(O)c1cccc2cccc(Nc3ccc(-c4ccc(Cn5nnc(Cc6nn[nH]n6)n5)cc4)cc3)c12. The summed E-state index contributed by atoms with van der Waals surface area (Å²) in [6.45, 7) is 0.492. The lowest BCUT2D eigenvalue weighted by Gasteiger charge is -2.12. The number of benzene rings is 4. The van der Waals surface area contributed by atoms with Gasteiger partial charge in [-0.3, -0.25) is 0 Å². The molecule has 0 unspecified atom stereocenters. The first-order valence-electron chi connectivity index (χ1n) is 11.8. The highest BCUT2D eigenvalue weighted by molar-refractivity contribution is 6.09. The molecule has 4 aromatic carbocycles. The van der Waals surface area contributed by atoms with Crippen molar-refractivity contribution in [3.63, 3.8) is 0 Å². The predicted molar refractivity (Wildman–Crippen MR) is 140 cm³/mol. The summed E-state index contributed by atoms with van der Waals surface area (Å²) in [4.78, 5) is 13.3. The smallest absolute Gasteiger partial charge is 0.336 e. The van der Waals surface area contributed by atoms with Crippen LogP contribution >= 0.6 is 0 Å². The quantitative estimate of drug-likeness (QED) is 0.279. The average Bonchev–Trinajstić information content (AvgIpc) is 3.62. The summed E-state index contributed by atoms with van der Waals surface area (Å²) in [5.74, 6) is 0.0872. The zero-order valence-corrected chi connectivity index (χ0v) is 20.0. The molecule has 0 radical (unpaired) electrons. The van der Waals surface area contributed by atoms with E-state index in [9.17, 15) is 9.90 Å². The largest absolute Gasteiger partial charge is 0.478 e. The van der Waals surface area contributed by atoms with E-state index in [0.29, 0.717) is 30.0 Å². The van der Waals surface area contributed by atoms with E-state index in [1.807, 2.05) is 60.7 Å². The van der Waals surface area contributed by atoms with Crippen molar-refractivity contribution in [3.05, 3.63) is 108 Å². The molecule has 11 nitrogen and oxygen atoms in total. The van der Waals surface area contributed by atoms with E-state index in [0.717, 1.165) is 33.5 Å². The first-order chi connectivity index (χ1) is 18.6. The second-order valence-corrected chi connectivity index (χ2v) is 8.65. The number of H-pyrrole nitrogens is 1. The number of aromatic nitrogens is 8. The maximum atomic E-state index is 11.8. The number of hydrogen-bond donors (Lipinski definition) is 3. The zero-order valence-electron chi connectivity index (χ0n) is 20.0. The van der Waals surface area contributed by atoms with Gasteiger partial charge in [-0.1, -0.05) is 65.9 Å². The summed E-state index contributed by atoms with van der Waals surface area (Å²) >= 11 is 0. The van der Waals surface area contributed by atoms with Crippen LogP contribution < -0.4 is 5.32 Å². The minimum absolute atomic E-state index is 0.270. The number of tetrazole rings is 2. The Labute approximate surface area is 216 Å². The first kappa shape index (κ1) is 23.0. The highest BCUT2D eigenvalue weighted by atomic mass is 16.4. The van der Waals surface area contributed by atoms with Gasteiger partial charge in [0.25, 0.3) is 0 Å². The minimum atomic E-state index is -0.951. The number of nitrogens with zero attached hydrogens (tertiary/aromatic N) is 7. The van der Waals surface area contributed by atoms with Crippen molar-refractivity contribution in [1.29, 1.82) is 0 Å². The zero-order chi connectivity index (χ0) is 25.9. The van der Waals surface area contributed by atoms with Crippen molar-refractivity contribution < 1.29 is 9.90 Å². The molecule has 6 aromatic rings. The molecule has 186 valence electrons. The fourth-order valence-corrected chi connectivity index (χ4v) is 4.30. The third-order valence-electron chi connectivity index (χ3n) is 6.11. The predicted octanol–water partition coefficient (Wildman–Crippen LogP) is 4.09. The Morgan fingerprint density at radius 3 is 2.32 bits per heavy atom. The van der Waals surface area contributed by atoms with Crippen LogP contribution in [0.1, 0.15) is 27.6 Å². The van der Waals surface area contributed by atoms with Crippen LogP contribution in [-0.4, -0.2) is 51.9 Å². The molecule has 2 heterocycles. The third-order valence-corrected chi connectivity index (χ3v) is 6.11. The molecule has 0 saturated heterocycles. The van der Waals surface area contributed by atoms with Crippen LogP contribution in [0.2, 0.25) is 0 Å². The molecular weight excluding hydrogens is 482 g/mol. The molecule has 11 heteroatoms. The molecule has 0 bridgehead atoms. The van der Waals surface area contributed by atoms with Crippen LogP contribution in [0.15, 0.2) is 84.9 Å². The van der Waals surface area contributed by atoms with Crippen molar-refractivity contribution in [2.75, 3.05) is 5.32 Å². The summed E-state index contributed by atoms with van der Waals surface area (Å²) in [7, 11) is 0. The Kier molecular flexibility index (Phi) is 5.98. The maximum Gasteiger partial charge on any atom is 0.336 e. The number of hydrogen-bond acceptors (Lipinski definition) is 8. The van der Waals surface area contributed by atoms with Crippen LogP contribution in [-0.2, 0) is 13.0 Å². The fourth-order valence-electron chi connectivity index (χ4n) is 4.30. The molecule has 0 amide bonds. The molecule has 0 saturated carbocycles. The Morgan fingerprint density at radius 1 is 0.868 bits per heavy atom. The minimum Gasteiger partial charge on any atom is -0.478 e. The third kappa shape index (κ3) is 4.80. The Balaban J connectivity index is 1.15. The van der Waals surface area contributed by atoms with Crippen molar-refractivity contribution in [2.24, 2.45) is 0 Å². The Bertz CT molecular complexity index is 1710. The van der Waals surface area contributed by atoms with E-state index < -0.39 is 5.97 Å². The monoisotopic (exact) mass is 503 g/mol. The van der Waals surface area contributed by atoms with Crippen LogP contribution in [0, 0.1) is 0 Å². The number of carboxylic acid groups (broad SMARTS) is 1. The Morgan fingerprint density at radius 2 is 1.61 bits per heavy atom. The molecular formula is C27H21N9O2. The van der Waals surface area contributed by atoms with E-state index in [1.54, 1.807) is 12.1 Å². The van der Waals surface area contributed by atoms with Gasteiger partial charge in [-0.25, -0.2) is 4.79 Å². The highest BCUT2D eigenvalue weighted by Crippen LogP contribution is 2.30. The van der Waals surface area contributed by atoms with E-state index in [-0.39, 0.29) is 5.56 Å². The van der Waals surface area contributed by atoms with Crippen molar-refractivity contribution in [1.82, 2.24) is 40.8 Å². The van der Waals surface area contributed by atoms with E-state index in [4.69, 9.17) is 0 Å². The number of aromatic carboxylic acids is 1. The molecule has 0 atom stereocenters. The summed E-state index contributed by atoms with van der Waals surface area (Å²) in [6, 6.07) is 27.2. The standard InChI is InChI=1S/C27H21N9O2/c37-27(38)22-5-1-3-20-4-2-6-23(26(20)22)28-21-13-11-19(12-14-21)18-9-7-17(8-10-18)16-36-32-25(31-35-36)15-24-29-33-34-30-24/h1-14,28H,15-16H2,(H,37,38)(H,29,30,33,34). The highest BCUT2D eigenvalue weighted by Gasteiger charge is 2.12. The molecule has 0 spiro atoms. The number of carboxylic acids is 1. The lowest BCUT2D eigenvalue weighted by Crippen LogP contribution is -2.04. The van der Waals surface area contributed by atoms with Gasteiger partial charge in [0.2, 0.25) is 0 Å². The van der Waals surface area contributed by atoms with E-state index in [1.165, 1.54) is 4.80 Å². The molecule has 0 aliphatic carbocycles. The number of fused-ring (bicyclic) bond motifs is 1. The topological polar surface area (TPSA) is 147 Å². The van der Waals surface area contributed by atoms with Crippen LogP contribution in [0.5, 0.6) is 0 Å². The summed E-state index contributed by atoms with van der Waals surface area (Å²) in [5.41, 5.74) is 5.06. The van der Waals surface area contributed by atoms with Crippen LogP contribution in [0.4, 0.5) is 11.4 Å². The summed E-state index contributed by atoms with van der Waals surface area (Å²) in [5, 5.41) is 40.8. The second kappa shape index (κ2) is 9.90. The van der Waals surface area contributed by atoms with Crippen LogP contribution in [0.25, 0.3) is 21.9 Å². The molecule has 0 fully saturated rings. The van der Waals surface area contributed by atoms with Crippen molar-refractivity contribution in [2.45, 2.75) is 13.0 Å². The summed E-state index contributed by atoms with van der Waals surface area (Å²) < 4.78 is 0. The van der Waals surface area contributed by atoms with Gasteiger partial charge >= 0.3 is 5.97 Å². The molecule has 6 rings (SSSR count). The van der Waals surface area contributed by atoms with Crippen molar-refractivity contribution in [3.8, 4) is 11.1 Å². The van der Waals surface area contributed by atoms with E-state index >= 15 is 0 Å². The summed E-state index contributed by atoms with van der Waals surface area (Å²) in [6.07, 6.45) is 0.363. The lowest BCUT2D eigenvalue weighted by atomic mass is 10.0. The normalized spacial score (nSPS) is 11.1. The number of anilines is 2. The molecule has 2 aromatic heterocycles. The Hall–Kier alpha value is -5.45. The van der Waals surface area contributed by atoms with Gasteiger partial charge in [-0.05, 0) is 51.6 Å². The molecule has 3 N–H and O–H groups in total. The average molecular weight is 504 g/mol. The van der Waals surface area contributed by atoms with Gasteiger partial charge < -0.3 is 10.4 Å². The van der Waals surface area contributed by atoms with Gasteiger partial charge in [-0.2, -0.15) is 10.0 Å². The fraction of sp³-hybridized carbons (Fsp3) is 0.0741. The van der Waals surface area contributed by atoms with Gasteiger partial charge in [0.1, 0.15) is 0 Å². The van der Waals surface area contributed by atoms with Gasteiger partial charge in [0.15, 0.2) is 11.6 Å². The van der Waals surface area contributed by atoms with Gasteiger partial charge in [0, 0.05) is 16.8 Å². The van der Waals surface area contributed by atoms with E-state index in [2.05, 4.69) is 53.5 Å². The second-order valence-electron chi connectivity index (χ2n) is 8.65. The number of carbonyl (C=O) groups is 1.